The lowest BCUT2D eigenvalue weighted by Crippen LogP contribution is -2.58. The third-order valence-electron chi connectivity index (χ3n) is 6.02. The molecule has 1 N–H and O–H groups in total. The predicted octanol–water partition coefficient (Wildman–Crippen LogP) is 1.53. The van der Waals surface area contributed by atoms with E-state index in [1.165, 1.54) is 25.9 Å². The van der Waals surface area contributed by atoms with Gasteiger partial charge in [0.2, 0.25) is 0 Å². The number of nitrogens with zero attached hydrogens (tertiary/aromatic N) is 4. The van der Waals surface area contributed by atoms with Gasteiger partial charge in [-0.3, -0.25) is 9.89 Å². The van der Waals surface area contributed by atoms with Crippen LogP contribution in [0, 0.1) is 17.2 Å². The number of piperidine rings is 3. The molecule has 4 aliphatic heterocycles. The third kappa shape index (κ3) is 1.85. The van der Waals surface area contributed by atoms with Crippen LogP contribution in [0.3, 0.4) is 0 Å². The van der Waals surface area contributed by atoms with E-state index in [1.807, 2.05) is 6.07 Å². The van der Waals surface area contributed by atoms with Gasteiger partial charge in [-0.15, -0.1) is 0 Å². The van der Waals surface area contributed by atoms with Gasteiger partial charge in [-0.2, -0.15) is 10.4 Å². The summed E-state index contributed by atoms with van der Waals surface area (Å²) in [5.74, 6) is 0.728. The van der Waals surface area contributed by atoms with Crippen LogP contribution >= 0.6 is 0 Å². The lowest BCUT2D eigenvalue weighted by atomic mass is 9.83. The highest BCUT2D eigenvalue weighted by Crippen LogP contribution is 2.34. The summed E-state index contributed by atoms with van der Waals surface area (Å²) in [5.41, 5.74) is 2.84. The summed E-state index contributed by atoms with van der Waals surface area (Å²) < 4.78 is 0. The van der Waals surface area contributed by atoms with Gasteiger partial charge in [0, 0.05) is 36.6 Å². The summed E-state index contributed by atoms with van der Waals surface area (Å²) in [7, 11) is 0. The van der Waals surface area contributed by atoms with E-state index in [2.05, 4.69) is 26.1 Å². The van der Waals surface area contributed by atoms with Gasteiger partial charge in [-0.25, -0.2) is 0 Å². The minimum atomic E-state index is 0.100. The van der Waals surface area contributed by atoms with Crippen molar-refractivity contribution >= 4 is 16.8 Å². The Morgan fingerprint density at radius 1 is 1.25 bits per heavy atom. The van der Waals surface area contributed by atoms with Crippen LogP contribution < -0.4 is 0 Å². The van der Waals surface area contributed by atoms with Gasteiger partial charge >= 0.3 is 0 Å². The van der Waals surface area contributed by atoms with Crippen LogP contribution in [0.2, 0.25) is 0 Å². The van der Waals surface area contributed by atoms with Crippen molar-refractivity contribution in [1.29, 1.82) is 5.26 Å². The SMILES string of the molecule is N#Cc1ccc2c3c([nH]nc13)CCN([C@@H]1CN3CCC1CC3)C2=O. The number of nitrogens with one attached hydrogen (secondary N) is 1. The maximum atomic E-state index is 13.3. The number of benzene rings is 1. The standard InChI is InChI=1S/C18H19N5O/c19-9-12-1-2-13-16-14(20-21-17(12)16)5-8-23(18(13)24)15-10-22-6-3-11(15)4-7-22/h1-2,11,15H,3-8,10H2,(H,20,21)/t15-/m1/s1. The second kappa shape index (κ2) is 5.05. The molecule has 122 valence electrons. The molecule has 4 aliphatic rings. The van der Waals surface area contributed by atoms with Gasteiger partial charge in [0.15, 0.2) is 0 Å². The second-order valence-corrected chi connectivity index (χ2v) is 7.15. The molecule has 6 rings (SSSR count). The highest BCUT2D eigenvalue weighted by atomic mass is 16.2. The molecule has 0 saturated carbocycles. The van der Waals surface area contributed by atoms with Crippen LogP contribution in [0.4, 0.5) is 0 Å². The molecule has 1 aromatic heterocycles. The van der Waals surface area contributed by atoms with Crippen LogP contribution in [0.1, 0.15) is 34.5 Å². The quantitative estimate of drug-likeness (QED) is 0.864. The Bertz CT molecular complexity index is 871. The smallest absolute Gasteiger partial charge is 0.254 e. The molecule has 0 unspecified atom stereocenters. The van der Waals surface area contributed by atoms with E-state index in [4.69, 9.17) is 0 Å². The van der Waals surface area contributed by atoms with Gasteiger partial charge < -0.3 is 9.80 Å². The Labute approximate surface area is 140 Å². The molecule has 1 aromatic carbocycles. The first-order valence-corrected chi connectivity index (χ1v) is 8.69. The number of H-pyrrole nitrogens is 1. The Morgan fingerprint density at radius 3 is 2.79 bits per heavy atom. The molecule has 5 heterocycles. The first-order valence-electron chi connectivity index (χ1n) is 8.69. The molecule has 6 heteroatoms. The minimum Gasteiger partial charge on any atom is -0.334 e. The van der Waals surface area contributed by atoms with E-state index in [0.717, 1.165) is 30.6 Å². The molecule has 3 saturated heterocycles. The molecule has 0 radical (unpaired) electrons. The van der Waals surface area contributed by atoms with Crippen LogP contribution in [0.5, 0.6) is 0 Å². The fraction of sp³-hybridized carbons (Fsp3) is 0.500. The van der Waals surface area contributed by atoms with Crippen molar-refractivity contribution in [3.05, 3.63) is 29.0 Å². The maximum absolute atomic E-state index is 13.3. The zero-order chi connectivity index (χ0) is 16.3. The van der Waals surface area contributed by atoms with Gasteiger partial charge in [-0.1, -0.05) is 0 Å². The summed E-state index contributed by atoms with van der Waals surface area (Å²) >= 11 is 0. The van der Waals surface area contributed by atoms with Crippen molar-refractivity contribution in [3.8, 4) is 6.07 Å². The second-order valence-electron chi connectivity index (χ2n) is 7.15. The first-order chi connectivity index (χ1) is 11.8. The number of hydrogen-bond donors (Lipinski definition) is 1. The maximum Gasteiger partial charge on any atom is 0.254 e. The first kappa shape index (κ1) is 14.0. The monoisotopic (exact) mass is 321 g/mol. The molecule has 24 heavy (non-hydrogen) atoms. The number of carbonyl (C=O) groups excluding carboxylic acids is 1. The average Bonchev–Trinajstić information content (AvgIpc) is 3.00. The summed E-state index contributed by atoms with van der Waals surface area (Å²) in [5, 5.41) is 17.5. The molecular formula is C18H19N5O. The molecule has 6 nitrogen and oxygen atoms in total. The van der Waals surface area contributed by atoms with Crippen molar-refractivity contribution in [1.82, 2.24) is 20.0 Å². The number of aromatic nitrogens is 2. The van der Waals surface area contributed by atoms with E-state index in [9.17, 15) is 10.1 Å². The summed E-state index contributed by atoms with van der Waals surface area (Å²) in [6, 6.07) is 6.03. The average molecular weight is 321 g/mol. The number of hydrogen-bond acceptors (Lipinski definition) is 4. The lowest BCUT2D eigenvalue weighted by Gasteiger charge is -2.49. The lowest BCUT2D eigenvalue weighted by molar-refractivity contribution is 0.00821. The predicted molar refractivity (Wildman–Crippen MR) is 88.5 cm³/mol. The number of fused-ring (bicyclic) bond motifs is 3. The highest BCUT2D eigenvalue weighted by Gasteiger charge is 2.40. The topological polar surface area (TPSA) is 76.0 Å². The number of aromatic amines is 1. The number of rotatable bonds is 1. The van der Waals surface area contributed by atoms with Crippen molar-refractivity contribution in [2.75, 3.05) is 26.2 Å². The zero-order valence-electron chi connectivity index (χ0n) is 13.5. The molecule has 2 aromatic rings. The Balaban J connectivity index is 1.59. The van der Waals surface area contributed by atoms with Crippen LogP contribution in [0.15, 0.2) is 12.1 Å². The van der Waals surface area contributed by atoms with Crippen LogP contribution in [-0.4, -0.2) is 58.1 Å². The Hall–Kier alpha value is -2.39. The summed E-state index contributed by atoms with van der Waals surface area (Å²) in [4.78, 5) is 17.9. The van der Waals surface area contributed by atoms with Crippen molar-refractivity contribution in [2.24, 2.45) is 5.92 Å². The largest absolute Gasteiger partial charge is 0.334 e. The van der Waals surface area contributed by atoms with E-state index in [1.54, 1.807) is 6.07 Å². The molecule has 0 aliphatic carbocycles. The number of nitriles is 1. The zero-order valence-corrected chi connectivity index (χ0v) is 13.5. The molecule has 3 fully saturated rings. The molecule has 1 atom stereocenters. The fourth-order valence-electron chi connectivity index (χ4n) is 4.73. The van der Waals surface area contributed by atoms with E-state index >= 15 is 0 Å². The normalized spacial score (nSPS) is 28.9. The van der Waals surface area contributed by atoms with E-state index in [0.29, 0.717) is 28.6 Å². The van der Waals surface area contributed by atoms with Crippen LogP contribution in [-0.2, 0) is 6.42 Å². The minimum absolute atomic E-state index is 0.100. The third-order valence-corrected chi connectivity index (χ3v) is 6.02. The van der Waals surface area contributed by atoms with Gasteiger partial charge in [0.25, 0.3) is 5.91 Å². The van der Waals surface area contributed by atoms with E-state index < -0.39 is 0 Å². The fourth-order valence-corrected chi connectivity index (χ4v) is 4.73. The van der Waals surface area contributed by atoms with Crippen molar-refractivity contribution < 1.29 is 4.79 Å². The number of amides is 1. The van der Waals surface area contributed by atoms with E-state index in [-0.39, 0.29) is 5.91 Å². The van der Waals surface area contributed by atoms with Crippen molar-refractivity contribution in [3.63, 3.8) is 0 Å². The molecule has 1 amide bonds. The molecule has 2 bridgehead atoms. The number of carbonyl (C=O) groups is 1. The highest BCUT2D eigenvalue weighted by molar-refractivity contribution is 6.09. The van der Waals surface area contributed by atoms with Crippen LogP contribution in [0.25, 0.3) is 10.9 Å². The Morgan fingerprint density at radius 2 is 2.08 bits per heavy atom. The molecule has 0 spiro atoms. The van der Waals surface area contributed by atoms with Gasteiger partial charge in [0.1, 0.15) is 11.6 Å². The van der Waals surface area contributed by atoms with Gasteiger partial charge in [0.05, 0.1) is 11.1 Å². The summed E-state index contributed by atoms with van der Waals surface area (Å²) in [6.07, 6.45) is 3.17. The summed E-state index contributed by atoms with van der Waals surface area (Å²) in [6.45, 7) is 4.07. The van der Waals surface area contributed by atoms with Crippen molar-refractivity contribution in [2.45, 2.75) is 25.3 Å². The molecular weight excluding hydrogens is 302 g/mol. The Kier molecular flexibility index (Phi) is 2.95. The van der Waals surface area contributed by atoms with Gasteiger partial charge in [-0.05, 0) is 44.0 Å².